The molecule has 0 aromatic heterocycles. The Balaban J connectivity index is 3.55. The van der Waals surface area contributed by atoms with Crippen LogP contribution >= 0.6 is 0 Å². The van der Waals surface area contributed by atoms with Crippen LogP contribution in [0.25, 0.3) is 0 Å². The minimum atomic E-state index is -0.0654. The van der Waals surface area contributed by atoms with Crippen LogP contribution in [0.15, 0.2) is 0 Å². The summed E-state index contributed by atoms with van der Waals surface area (Å²) >= 11 is 0. The van der Waals surface area contributed by atoms with E-state index in [1.54, 1.807) is 0 Å². The molecule has 0 bridgehead atoms. The van der Waals surface area contributed by atoms with Gasteiger partial charge < -0.3 is 14.5 Å². The maximum atomic E-state index is 12.1. The van der Waals surface area contributed by atoms with E-state index >= 15 is 0 Å². The summed E-state index contributed by atoms with van der Waals surface area (Å²) in [6.45, 7) is 7.27. The molecular weight excluding hydrogens is 460 g/mol. The SMILES string of the molecule is CCCCCCCCCCCCC(=O)NCC[N+](C)(C)CCOC(=O)CCCCCCCCCCCC. The zero-order chi connectivity index (χ0) is 27.5. The van der Waals surface area contributed by atoms with Gasteiger partial charge in [0.05, 0.1) is 27.2 Å². The van der Waals surface area contributed by atoms with Crippen molar-refractivity contribution in [3.8, 4) is 0 Å². The number of hydrogen-bond acceptors (Lipinski definition) is 3. The molecule has 0 heterocycles. The van der Waals surface area contributed by atoms with Gasteiger partial charge in [-0.25, -0.2) is 0 Å². The Hall–Kier alpha value is -1.10. The quantitative estimate of drug-likeness (QED) is 0.0634. The number of rotatable bonds is 28. The van der Waals surface area contributed by atoms with Crippen molar-refractivity contribution < 1.29 is 18.8 Å². The highest BCUT2D eigenvalue weighted by molar-refractivity contribution is 5.75. The molecule has 1 amide bonds. The van der Waals surface area contributed by atoms with Crippen molar-refractivity contribution in [2.24, 2.45) is 0 Å². The van der Waals surface area contributed by atoms with Crippen molar-refractivity contribution in [2.75, 3.05) is 40.3 Å². The smallest absolute Gasteiger partial charge is 0.305 e. The topological polar surface area (TPSA) is 55.4 Å². The van der Waals surface area contributed by atoms with Gasteiger partial charge in [0.1, 0.15) is 13.2 Å². The molecule has 37 heavy (non-hydrogen) atoms. The van der Waals surface area contributed by atoms with Gasteiger partial charge in [0.2, 0.25) is 5.91 Å². The average Bonchev–Trinajstić information content (AvgIpc) is 2.86. The molecule has 0 aliphatic carbocycles. The van der Waals surface area contributed by atoms with Gasteiger partial charge in [-0.15, -0.1) is 0 Å². The van der Waals surface area contributed by atoms with Gasteiger partial charge in [-0.1, -0.05) is 129 Å². The Bertz CT molecular complexity index is 478. The fourth-order valence-corrected chi connectivity index (χ4v) is 4.71. The number of amides is 1. The van der Waals surface area contributed by atoms with Crippen LogP contribution in [0.5, 0.6) is 0 Å². The van der Waals surface area contributed by atoms with Gasteiger partial charge in [0, 0.05) is 12.8 Å². The predicted molar refractivity (Wildman–Crippen MR) is 159 cm³/mol. The van der Waals surface area contributed by atoms with Crippen molar-refractivity contribution in [1.29, 1.82) is 0 Å². The summed E-state index contributed by atoms with van der Waals surface area (Å²) in [5.74, 6) is 0.104. The number of esters is 1. The van der Waals surface area contributed by atoms with E-state index in [9.17, 15) is 9.59 Å². The molecule has 0 aliphatic rings. The molecule has 0 aliphatic heterocycles. The summed E-state index contributed by atoms with van der Waals surface area (Å²) < 4.78 is 6.20. The van der Waals surface area contributed by atoms with Gasteiger partial charge in [-0.3, -0.25) is 9.59 Å². The lowest BCUT2D eigenvalue weighted by molar-refractivity contribution is -0.889. The average molecular weight is 526 g/mol. The van der Waals surface area contributed by atoms with E-state index in [4.69, 9.17) is 4.74 Å². The largest absolute Gasteiger partial charge is 0.460 e. The van der Waals surface area contributed by atoms with Gasteiger partial charge in [0.15, 0.2) is 0 Å². The predicted octanol–water partition coefficient (Wildman–Crippen LogP) is 8.34. The summed E-state index contributed by atoms with van der Waals surface area (Å²) in [5, 5.41) is 3.07. The second kappa shape index (κ2) is 26.5. The first-order chi connectivity index (χ1) is 17.9. The van der Waals surface area contributed by atoms with E-state index in [2.05, 4.69) is 33.3 Å². The zero-order valence-electron chi connectivity index (χ0n) is 25.6. The molecule has 1 N–H and O–H groups in total. The number of hydrogen-bond donors (Lipinski definition) is 1. The highest BCUT2D eigenvalue weighted by Gasteiger charge is 2.16. The summed E-state index contributed by atoms with van der Waals surface area (Å²) in [6.07, 6.45) is 26.8. The van der Waals surface area contributed by atoms with Crippen LogP contribution in [0.1, 0.15) is 155 Å². The first kappa shape index (κ1) is 35.9. The first-order valence-electron chi connectivity index (χ1n) is 16.2. The van der Waals surface area contributed by atoms with Crippen molar-refractivity contribution in [2.45, 2.75) is 155 Å². The van der Waals surface area contributed by atoms with E-state index in [0.717, 1.165) is 43.3 Å². The molecule has 0 spiro atoms. The molecule has 0 rings (SSSR count). The molecule has 0 atom stereocenters. The van der Waals surface area contributed by atoms with Crippen molar-refractivity contribution >= 4 is 11.9 Å². The Morgan fingerprint density at radius 3 is 1.43 bits per heavy atom. The van der Waals surface area contributed by atoms with Gasteiger partial charge in [-0.2, -0.15) is 0 Å². The molecule has 5 heteroatoms. The number of quaternary nitrogens is 1. The fraction of sp³-hybridized carbons (Fsp3) is 0.938. The third-order valence-electron chi connectivity index (χ3n) is 7.49. The van der Waals surface area contributed by atoms with E-state index in [-0.39, 0.29) is 11.9 Å². The molecule has 220 valence electrons. The second-order valence-corrected chi connectivity index (χ2v) is 11.8. The lowest BCUT2D eigenvalue weighted by Gasteiger charge is -2.29. The fourth-order valence-electron chi connectivity index (χ4n) is 4.71. The number of nitrogens with zero attached hydrogens (tertiary/aromatic N) is 1. The van der Waals surface area contributed by atoms with E-state index < -0.39 is 0 Å². The lowest BCUT2D eigenvalue weighted by atomic mass is 10.1. The Morgan fingerprint density at radius 1 is 0.568 bits per heavy atom. The van der Waals surface area contributed by atoms with Crippen LogP contribution in [-0.2, 0) is 14.3 Å². The molecule has 0 saturated heterocycles. The van der Waals surface area contributed by atoms with Crippen LogP contribution in [0.3, 0.4) is 0 Å². The van der Waals surface area contributed by atoms with E-state index in [1.807, 2.05) is 0 Å². The van der Waals surface area contributed by atoms with E-state index in [1.165, 1.54) is 103 Å². The summed E-state index contributed by atoms with van der Waals surface area (Å²) in [4.78, 5) is 24.1. The lowest BCUT2D eigenvalue weighted by Crippen LogP contribution is -2.47. The van der Waals surface area contributed by atoms with Gasteiger partial charge >= 0.3 is 5.97 Å². The molecule has 5 nitrogen and oxygen atoms in total. The number of carbonyl (C=O) groups is 2. The molecular formula is C32H65N2O3+. The molecule has 0 unspecified atom stereocenters. The summed E-state index contributed by atoms with van der Waals surface area (Å²) in [5.41, 5.74) is 0. The van der Waals surface area contributed by atoms with E-state index in [0.29, 0.717) is 26.0 Å². The van der Waals surface area contributed by atoms with Crippen LogP contribution in [0.2, 0.25) is 0 Å². The molecule has 0 aromatic carbocycles. The summed E-state index contributed by atoms with van der Waals surface area (Å²) in [7, 11) is 4.26. The van der Waals surface area contributed by atoms with Gasteiger partial charge in [-0.05, 0) is 12.8 Å². The van der Waals surface area contributed by atoms with Gasteiger partial charge in [0.25, 0.3) is 0 Å². The number of nitrogens with one attached hydrogen (secondary N) is 1. The van der Waals surface area contributed by atoms with Crippen LogP contribution in [-0.4, -0.2) is 56.7 Å². The highest BCUT2D eigenvalue weighted by atomic mass is 16.5. The minimum absolute atomic E-state index is 0.0654. The number of ether oxygens (including phenoxy) is 1. The second-order valence-electron chi connectivity index (χ2n) is 11.8. The minimum Gasteiger partial charge on any atom is -0.460 e. The standard InChI is InChI=1S/C32H64N2O3/c1-5-7-9-11-13-15-17-19-21-23-25-31(35)33-27-28-34(3,4)29-30-37-32(36)26-24-22-20-18-16-14-12-10-8-6-2/h5-30H2,1-4H3/p+1. The monoisotopic (exact) mass is 525 g/mol. The Kier molecular flexibility index (Phi) is 25.7. The molecule has 0 saturated carbocycles. The third kappa shape index (κ3) is 27.7. The van der Waals surface area contributed by atoms with Crippen molar-refractivity contribution in [1.82, 2.24) is 5.32 Å². The number of unbranched alkanes of at least 4 members (excludes halogenated alkanes) is 18. The number of likely N-dealkylation sites (N-methyl/N-ethyl adjacent to an activating group) is 1. The highest BCUT2D eigenvalue weighted by Crippen LogP contribution is 2.12. The van der Waals surface area contributed by atoms with Crippen molar-refractivity contribution in [3.63, 3.8) is 0 Å². The zero-order valence-corrected chi connectivity index (χ0v) is 25.6. The Morgan fingerprint density at radius 2 is 0.973 bits per heavy atom. The molecule has 0 fully saturated rings. The summed E-state index contributed by atoms with van der Waals surface area (Å²) in [6, 6.07) is 0. The van der Waals surface area contributed by atoms with Crippen LogP contribution in [0.4, 0.5) is 0 Å². The first-order valence-corrected chi connectivity index (χ1v) is 16.2. The Labute approximate surface area is 231 Å². The van der Waals surface area contributed by atoms with Crippen molar-refractivity contribution in [3.05, 3.63) is 0 Å². The van der Waals surface area contributed by atoms with Crippen LogP contribution < -0.4 is 5.32 Å². The molecule has 0 aromatic rings. The molecule has 0 radical (unpaired) electrons. The number of carbonyl (C=O) groups excluding carboxylic acids is 2. The maximum absolute atomic E-state index is 12.1. The normalized spacial score (nSPS) is 11.6. The third-order valence-corrected chi connectivity index (χ3v) is 7.49. The maximum Gasteiger partial charge on any atom is 0.305 e. The van der Waals surface area contributed by atoms with Crippen LogP contribution in [0, 0.1) is 0 Å².